The van der Waals surface area contributed by atoms with Crippen molar-refractivity contribution >= 4 is 11.3 Å². The Labute approximate surface area is 193 Å². The molecule has 32 heavy (non-hydrogen) atoms. The van der Waals surface area contributed by atoms with Gasteiger partial charge in [0.1, 0.15) is 5.69 Å². The Bertz CT molecular complexity index is 1100. The van der Waals surface area contributed by atoms with Crippen molar-refractivity contribution in [3.63, 3.8) is 0 Å². The highest BCUT2D eigenvalue weighted by atomic mass is 32.1. The third-order valence-corrected chi connectivity index (χ3v) is 6.62. The molecule has 0 radical (unpaired) electrons. The molecule has 0 atom stereocenters. The Hall–Kier alpha value is -2.77. The van der Waals surface area contributed by atoms with Crippen LogP contribution in [-0.4, -0.2) is 41.0 Å². The number of nitrogens with one attached hydrogen (secondary N) is 1. The first kappa shape index (κ1) is 21.1. The van der Waals surface area contributed by atoms with E-state index in [-0.39, 0.29) is 0 Å². The van der Waals surface area contributed by atoms with E-state index in [2.05, 4.69) is 70.3 Å². The fourth-order valence-corrected chi connectivity index (χ4v) is 4.74. The van der Waals surface area contributed by atoms with Crippen molar-refractivity contribution in [2.45, 2.75) is 19.6 Å². The first-order valence-corrected chi connectivity index (χ1v) is 12.0. The highest BCUT2D eigenvalue weighted by molar-refractivity contribution is 7.13. The van der Waals surface area contributed by atoms with E-state index < -0.39 is 0 Å². The molecular weight excluding hydrogens is 416 g/mol. The van der Waals surface area contributed by atoms with Crippen molar-refractivity contribution < 1.29 is 4.74 Å². The third-order valence-electron chi connectivity index (χ3n) is 5.74. The molecule has 1 saturated heterocycles. The van der Waals surface area contributed by atoms with Crippen LogP contribution in [0.5, 0.6) is 0 Å². The molecule has 4 aromatic rings. The van der Waals surface area contributed by atoms with Crippen LogP contribution in [0.25, 0.3) is 16.3 Å². The third kappa shape index (κ3) is 5.16. The van der Waals surface area contributed by atoms with Crippen molar-refractivity contribution in [2.75, 3.05) is 26.3 Å². The molecule has 3 heterocycles. The molecule has 0 spiro atoms. The van der Waals surface area contributed by atoms with Gasteiger partial charge in [0.05, 0.1) is 23.8 Å². The van der Waals surface area contributed by atoms with Gasteiger partial charge in [-0.3, -0.25) is 4.90 Å². The number of nitrogens with zero attached hydrogens (tertiary/aromatic N) is 3. The van der Waals surface area contributed by atoms with Gasteiger partial charge in [0, 0.05) is 44.5 Å². The Morgan fingerprint density at radius 3 is 2.41 bits per heavy atom. The predicted octanol–water partition coefficient (Wildman–Crippen LogP) is 4.72. The highest BCUT2D eigenvalue weighted by Gasteiger charge is 2.13. The normalized spacial score (nSPS) is 14.6. The van der Waals surface area contributed by atoms with Gasteiger partial charge in [0.2, 0.25) is 0 Å². The molecule has 1 N–H and O–H groups in total. The molecule has 2 aromatic heterocycles. The molecule has 1 fully saturated rings. The number of rotatable bonds is 8. The summed E-state index contributed by atoms with van der Waals surface area (Å²) in [4.78, 5) is 3.65. The number of thiophene rings is 1. The lowest BCUT2D eigenvalue weighted by molar-refractivity contribution is 0.0342. The molecule has 0 amide bonds. The van der Waals surface area contributed by atoms with Crippen LogP contribution in [0.1, 0.15) is 16.7 Å². The van der Waals surface area contributed by atoms with Gasteiger partial charge in [-0.25, -0.2) is 4.68 Å². The molecule has 0 unspecified atom stereocenters. The lowest BCUT2D eigenvalue weighted by Crippen LogP contribution is -2.35. The van der Waals surface area contributed by atoms with Crippen molar-refractivity contribution in [1.29, 1.82) is 0 Å². The molecule has 164 valence electrons. The van der Waals surface area contributed by atoms with Crippen LogP contribution in [0.4, 0.5) is 0 Å². The summed E-state index contributed by atoms with van der Waals surface area (Å²) < 4.78 is 7.42. The maximum Gasteiger partial charge on any atom is 0.107 e. The van der Waals surface area contributed by atoms with Crippen molar-refractivity contribution in [3.05, 3.63) is 95.0 Å². The second-order valence-corrected chi connectivity index (χ2v) is 9.02. The number of benzene rings is 2. The summed E-state index contributed by atoms with van der Waals surface area (Å²) in [5.41, 5.74) is 5.99. The Morgan fingerprint density at radius 1 is 0.875 bits per heavy atom. The van der Waals surface area contributed by atoms with E-state index >= 15 is 0 Å². The van der Waals surface area contributed by atoms with E-state index in [9.17, 15) is 0 Å². The zero-order chi connectivity index (χ0) is 21.6. The van der Waals surface area contributed by atoms with Gasteiger partial charge in [0.15, 0.2) is 0 Å². The zero-order valence-electron chi connectivity index (χ0n) is 18.1. The molecule has 0 saturated carbocycles. The van der Waals surface area contributed by atoms with Crippen LogP contribution in [0.15, 0.2) is 78.3 Å². The van der Waals surface area contributed by atoms with Crippen LogP contribution in [0.2, 0.25) is 0 Å². The van der Waals surface area contributed by atoms with Crippen LogP contribution >= 0.6 is 11.3 Å². The van der Waals surface area contributed by atoms with Gasteiger partial charge in [-0.05, 0) is 34.7 Å². The van der Waals surface area contributed by atoms with Gasteiger partial charge >= 0.3 is 0 Å². The molecule has 5 nitrogen and oxygen atoms in total. The second-order valence-electron chi connectivity index (χ2n) is 8.07. The van der Waals surface area contributed by atoms with Gasteiger partial charge in [-0.15, -0.1) is 11.3 Å². The smallest absolute Gasteiger partial charge is 0.107 e. The number of ether oxygens (including phenoxy) is 1. The fourth-order valence-electron chi connectivity index (χ4n) is 3.99. The monoisotopic (exact) mass is 444 g/mol. The summed E-state index contributed by atoms with van der Waals surface area (Å²) in [6, 6.07) is 23.5. The van der Waals surface area contributed by atoms with E-state index in [1.54, 1.807) is 11.3 Å². The number of para-hydroxylation sites is 1. The minimum absolute atomic E-state index is 0.773. The van der Waals surface area contributed by atoms with Gasteiger partial charge in [-0.2, -0.15) is 5.10 Å². The molecule has 6 heteroatoms. The minimum Gasteiger partial charge on any atom is -0.379 e. The van der Waals surface area contributed by atoms with Crippen molar-refractivity contribution in [1.82, 2.24) is 20.0 Å². The maximum absolute atomic E-state index is 5.44. The standard InChI is InChI=1S/C26H28N4OS/c1-2-5-24(6-3-1)30-20-23(26(28-30)25-7-4-16-32-25)18-27-17-21-8-10-22(11-9-21)19-29-12-14-31-15-13-29/h1-11,16,20,27H,12-15,17-19H2. The summed E-state index contributed by atoms with van der Waals surface area (Å²) >= 11 is 1.73. The summed E-state index contributed by atoms with van der Waals surface area (Å²) in [6.07, 6.45) is 2.14. The number of aromatic nitrogens is 2. The Kier molecular flexibility index (Phi) is 6.75. The molecular formula is C26H28N4OS. The average molecular weight is 445 g/mol. The number of morpholine rings is 1. The molecule has 0 aliphatic carbocycles. The summed E-state index contributed by atoms with van der Waals surface area (Å²) in [5, 5.41) is 10.6. The zero-order valence-corrected chi connectivity index (χ0v) is 18.9. The molecule has 5 rings (SSSR count). The van der Waals surface area contributed by atoms with E-state index in [4.69, 9.17) is 9.84 Å². The van der Waals surface area contributed by atoms with Crippen LogP contribution in [0.3, 0.4) is 0 Å². The predicted molar refractivity (Wildman–Crippen MR) is 130 cm³/mol. The fraction of sp³-hybridized carbons (Fsp3) is 0.269. The van der Waals surface area contributed by atoms with Crippen LogP contribution in [0, 0.1) is 0 Å². The second kappa shape index (κ2) is 10.2. The summed E-state index contributed by atoms with van der Waals surface area (Å²) in [5.74, 6) is 0. The largest absolute Gasteiger partial charge is 0.379 e. The van der Waals surface area contributed by atoms with Crippen molar-refractivity contribution in [3.8, 4) is 16.3 Å². The lowest BCUT2D eigenvalue weighted by Gasteiger charge is -2.26. The van der Waals surface area contributed by atoms with Gasteiger partial charge in [0.25, 0.3) is 0 Å². The minimum atomic E-state index is 0.773. The van der Waals surface area contributed by atoms with Gasteiger partial charge in [-0.1, -0.05) is 48.5 Å². The van der Waals surface area contributed by atoms with E-state index in [1.165, 1.54) is 21.6 Å². The number of hydrogen-bond donors (Lipinski definition) is 1. The maximum atomic E-state index is 5.44. The first-order valence-electron chi connectivity index (χ1n) is 11.1. The molecule has 2 aromatic carbocycles. The topological polar surface area (TPSA) is 42.3 Å². The molecule has 1 aliphatic rings. The highest BCUT2D eigenvalue weighted by Crippen LogP contribution is 2.27. The Balaban J connectivity index is 1.23. The van der Waals surface area contributed by atoms with Crippen LogP contribution < -0.4 is 5.32 Å². The summed E-state index contributed by atoms with van der Waals surface area (Å²) in [6.45, 7) is 6.33. The quantitative estimate of drug-likeness (QED) is 0.427. The Morgan fingerprint density at radius 2 is 1.66 bits per heavy atom. The van der Waals surface area contributed by atoms with Gasteiger partial charge < -0.3 is 10.1 Å². The summed E-state index contributed by atoms with van der Waals surface area (Å²) in [7, 11) is 0. The van der Waals surface area contributed by atoms with E-state index in [0.29, 0.717) is 0 Å². The number of hydrogen-bond acceptors (Lipinski definition) is 5. The SMILES string of the molecule is c1ccc(-n2cc(CNCc3ccc(CN4CCOCC4)cc3)c(-c3cccs3)n2)cc1. The average Bonchev–Trinajstić information content (AvgIpc) is 3.52. The van der Waals surface area contributed by atoms with E-state index in [1.807, 2.05) is 22.9 Å². The first-order chi connectivity index (χ1) is 15.8. The van der Waals surface area contributed by atoms with E-state index in [0.717, 1.165) is 57.3 Å². The lowest BCUT2D eigenvalue weighted by atomic mass is 10.1. The van der Waals surface area contributed by atoms with Crippen molar-refractivity contribution in [2.24, 2.45) is 0 Å². The molecule has 0 bridgehead atoms. The molecule has 1 aliphatic heterocycles. The van der Waals surface area contributed by atoms with Crippen LogP contribution in [-0.2, 0) is 24.4 Å².